The lowest BCUT2D eigenvalue weighted by molar-refractivity contribution is -0.137. The Balaban J connectivity index is 2.09. The Kier molecular flexibility index (Phi) is 5.42. The number of hydrogen-bond acceptors (Lipinski definition) is 3. The summed E-state index contributed by atoms with van der Waals surface area (Å²) in [5, 5.41) is 3.01. The Morgan fingerprint density at radius 2 is 1.79 bits per heavy atom. The average molecular weight is 395 g/mol. The number of benzene rings is 1. The van der Waals surface area contributed by atoms with E-state index in [1.54, 1.807) is 12.1 Å². The largest absolute Gasteiger partial charge is 0.417 e. The molecule has 0 amide bonds. The molecule has 0 aliphatic carbocycles. The number of halogens is 5. The molecule has 1 atom stereocenters. The molecule has 130 valence electrons. The number of thiophene rings is 1. The second kappa shape index (κ2) is 7.22. The topological polar surface area (TPSA) is 15.3 Å². The molecule has 2 aromatic rings. The zero-order chi connectivity index (χ0) is 17.3. The van der Waals surface area contributed by atoms with Crippen molar-refractivity contribution in [3.63, 3.8) is 0 Å². The Morgan fingerprint density at radius 3 is 2.38 bits per heavy atom. The van der Waals surface area contributed by atoms with Gasteiger partial charge in [0, 0.05) is 31.1 Å². The molecule has 1 aromatic heterocycles. The zero-order valence-electron chi connectivity index (χ0n) is 12.5. The molecule has 0 saturated carbocycles. The van der Waals surface area contributed by atoms with Gasteiger partial charge in [-0.05, 0) is 23.8 Å². The van der Waals surface area contributed by atoms with E-state index in [1.165, 1.54) is 17.4 Å². The molecular weight excluding hydrogens is 380 g/mol. The van der Waals surface area contributed by atoms with E-state index in [9.17, 15) is 13.2 Å². The summed E-state index contributed by atoms with van der Waals surface area (Å²) in [4.78, 5) is 3.03. The predicted octanol–water partition coefficient (Wildman–Crippen LogP) is 5.07. The van der Waals surface area contributed by atoms with Crippen LogP contribution in [-0.4, -0.2) is 31.1 Å². The number of alkyl halides is 3. The van der Waals surface area contributed by atoms with Gasteiger partial charge in [0.2, 0.25) is 0 Å². The van der Waals surface area contributed by atoms with Crippen LogP contribution < -0.4 is 5.32 Å². The van der Waals surface area contributed by atoms with Crippen molar-refractivity contribution in [3.05, 3.63) is 55.7 Å². The van der Waals surface area contributed by atoms with Gasteiger partial charge < -0.3 is 5.32 Å². The van der Waals surface area contributed by atoms with Gasteiger partial charge in [-0.25, -0.2) is 0 Å². The fourth-order valence-electron chi connectivity index (χ4n) is 2.93. The van der Waals surface area contributed by atoms with E-state index in [-0.39, 0.29) is 11.1 Å². The molecule has 1 fully saturated rings. The quantitative estimate of drug-likeness (QED) is 0.781. The summed E-state index contributed by atoms with van der Waals surface area (Å²) in [6, 6.07) is 7.38. The van der Waals surface area contributed by atoms with Gasteiger partial charge in [0.25, 0.3) is 0 Å². The number of hydrogen-bond donors (Lipinski definition) is 1. The van der Waals surface area contributed by atoms with Gasteiger partial charge in [-0.3, -0.25) is 4.90 Å². The molecule has 1 aromatic carbocycles. The first-order chi connectivity index (χ1) is 11.4. The molecule has 2 nitrogen and oxygen atoms in total. The second-order valence-electron chi connectivity index (χ2n) is 5.54. The van der Waals surface area contributed by atoms with Crippen LogP contribution in [0.5, 0.6) is 0 Å². The SMILES string of the molecule is FC(F)(F)c1cccc([C@@H](c2ccc(Cl)s2)N2CCNCC2)c1Cl. The van der Waals surface area contributed by atoms with Gasteiger partial charge in [-0.15, -0.1) is 11.3 Å². The van der Waals surface area contributed by atoms with Crippen LogP contribution >= 0.6 is 34.5 Å². The first kappa shape index (κ1) is 18.0. The highest BCUT2D eigenvalue weighted by Gasteiger charge is 2.36. The lowest BCUT2D eigenvalue weighted by atomic mass is 10.00. The van der Waals surface area contributed by atoms with Gasteiger partial charge in [-0.1, -0.05) is 35.3 Å². The predicted molar refractivity (Wildman–Crippen MR) is 92.1 cm³/mol. The summed E-state index contributed by atoms with van der Waals surface area (Å²) >= 11 is 13.6. The van der Waals surface area contributed by atoms with Crippen molar-refractivity contribution >= 4 is 34.5 Å². The maximum absolute atomic E-state index is 13.2. The number of nitrogens with one attached hydrogen (secondary N) is 1. The lowest BCUT2D eigenvalue weighted by Crippen LogP contribution is -2.45. The van der Waals surface area contributed by atoms with Crippen molar-refractivity contribution in [2.24, 2.45) is 0 Å². The molecule has 1 aliphatic heterocycles. The fourth-order valence-corrected chi connectivity index (χ4v) is 4.48. The number of nitrogens with zero attached hydrogens (tertiary/aromatic N) is 1. The summed E-state index contributed by atoms with van der Waals surface area (Å²) < 4.78 is 40.2. The Labute approximate surface area is 152 Å². The molecule has 24 heavy (non-hydrogen) atoms. The van der Waals surface area contributed by atoms with Gasteiger partial charge in [0.15, 0.2) is 0 Å². The minimum Gasteiger partial charge on any atom is -0.314 e. The monoisotopic (exact) mass is 394 g/mol. The smallest absolute Gasteiger partial charge is 0.314 e. The van der Waals surface area contributed by atoms with Crippen molar-refractivity contribution in [2.45, 2.75) is 12.2 Å². The van der Waals surface area contributed by atoms with E-state index in [2.05, 4.69) is 10.2 Å². The van der Waals surface area contributed by atoms with E-state index in [4.69, 9.17) is 23.2 Å². The second-order valence-corrected chi connectivity index (χ2v) is 7.66. The standard InChI is InChI=1S/C16H15Cl2F3N2S/c17-13-5-4-12(24-13)15(23-8-6-22-7-9-23)10-2-1-3-11(14(10)18)16(19,20)21/h1-5,15,22H,6-9H2/t15-/m0/s1. The van der Waals surface area contributed by atoms with Gasteiger partial charge in [0.05, 0.1) is 21.0 Å². The third-order valence-electron chi connectivity index (χ3n) is 4.01. The number of piperazine rings is 1. The summed E-state index contributed by atoms with van der Waals surface area (Å²) in [6.45, 7) is 3.03. The van der Waals surface area contributed by atoms with Crippen molar-refractivity contribution in [1.29, 1.82) is 0 Å². The summed E-state index contributed by atoms with van der Waals surface area (Å²) in [5.41, 5.74) is -0.337. The first-order valence-corrected chi connectivity index (χ1v) is 9.01. The molecular formula is C16H15Cl2F3N2S. The lowest BCUT2D eigenvalue weighted by Gasteiger charge is -2.35. The van der Waals surface area contributed by atoms with E-state index in [0.717, 1.165) is 37.1 Å². The van der Waals surface area contributed by atoms with Gasteiger partial charge >= 0.3 is 6.18 Å². The summed E-state index contributed by atoms with van der Waals surface area (Å²) in [7, 11) is 0. The minimum atomic E-state index is -4.48. The molecule has 8 heteroatoms. The van der Waals surface area contributed by atoms with E-state index >= 15 is 0 Å². The highest BCUT2D eigenvalue weighted by molar-refractivity contribution is 7.16. The molecule has 1 N–H and O–H groups in total. The zero-order valence-corrected chi connectivity index (χ0v) is 14.9. The third kappa shape index (κ3) is 3.73. The van der Waals surface area contributed by atoms with E-state index in [0.29, 0.717) is 9.90 Å². The van der Waals surface area contributed by atoms with Crippen molar-refractivity contribution in [1.82, 2.24) is 10.2 Å². The maximum atomic E-state index is 13.2. The van der Waals surface area contributed by atoms with Crippen LogP contribution in [0.2, 0.25) is 9.36 Å². The van der Waals surface area contributed by atoms with E-state index in [1.807, 2.05) is 6.07 Å². The molecule has 0 radical (unpaired) electrons. The molecule has 1 aliphatic rings. The average Bonchev–Trinajstić information content (AvgIpc) is 2.95. The molecule has 3 rings (SSSR count). The minimum absolute atomic E-state index is 0.238. The molecule has 1 saturated heterocycles. The Hall–Kier alpha value is -0.790. The van der Waals surface area contributed by atoms with Gasteiger partial charge in [-0.2, -0.15) is 13.2 Å². The Bertz CT molecular complexity index is 712. The van der Waals surface area contributed by atoms with Crippen LogP contribution in [0.1, 0.15) is 22.0 Å². The van der Waals surface area contributed by atoms with Crippen LogP contribution in [0.25, 0.3) is 0 Å². The first-order valence-electron chi connectivity index (χ1n) is 7.43. The van der Waals surface area contributed by atoms with Crippen LogP contribution in [0, 0.1) is 0 Å². The highest BCUT2D eigenvalue weighted by Crippen LogP contribution is 2.43. The van der Waals surface area contributed by atoms with E-state index < -0.39 is 11.7 Å². The number of rotatable bonds is 3. The third-order valence-corrected chi connectivity index (χ3v) is 5.71. The van der Waals surface area contributed by atoms with Crippen LogP contribution in [0.4, 0.5) is 13.2 Å². The summed E-state index contributed by atoms with van der Waals surface area (Å²) in [6.07, 6.45) is -4.48. The van der Waals surface area contributed by atoms with Crippen molar-refractivity contribution < 1.29 is 13.2 Å². The van der Waals surface area contributed by atoms with Crippen LogP contribution in [0.15, 0.2) is 30.3 Å². The molecule has 0 spiro atoms. The van der Waals surface area contributed by atoms with Gasteiger partial charge in [0.1, 0.15) is 0 Å². The molecule has 0 bridgehead atoms. The van der Waals surface area contributed by atoms with Crippen LogP contribution in [-0.2, 0) is 6.18 Å². The molecule has 0 unspecified atom stereocenters. The summed E-state index contributed by atoms with van der Waals surface area (Å²) in [5.74, 6) is 0. The molecule has 2 heterocycles. The maximum Gasteiger partial charge on any atom is 0.417 e. The highest BCUT2D eigenvalue weighted by atomic mass is 35.5. The van der Waals surface area contributed by atoms with Crippen molar-refractivity contribution in [3.8, 4) is 0 Å². The fraction of sp³-hybridized carbons (Fsp3) is 0.375. The Morgan fingerprint density at radius 1 is 1.08 bits per heavy atom. The normalized spacial score (nSPS) is 17.9. The van der Waals surface area contributed by atoms with Crippen LogP contribution in [0.3, 0.4) is 0 Å². The van der Waals surface area contributed by atoms with Crippen molar-refractivity contribution in [2.75, 3.05) is 26.2 Å².